The van der Waals surface area contributed by atoms with Crippen LogP contribution in [0, 0.1) is 5.92 Å². The number of imidazole rings is 1. The zero-order valence-electron chi connectivity index (χ0n) is 18.9. The summed E-state index contributed by atoms with van der Waals surface area (Å²) in [7, 11) is 1.79. The van der Waals surface area contributed by atoms with Gasteiger partial charge in [-0.1, -0.05) is 43.2 Å². The Kier molecular flexibility index (Phi) is 9.37. The molecule has 2 aliphatic rings. The third kappa shape index (κ3) is 6.46. The van der Waals surface area contributed by atoms with Crippen LogP contribution in [-0.2, 0) is 24.3 Å². The molecule has 4 rings (SSSR count). The first-order valence-corrected chi connectivity index (χ1v) is 11.5. The maximum atomic E-state index is 12.7. The molecule has 7 nitrogen and oxygen atoms in total. The van der Waals surface area contributed by atoms with Gasteiger partial charge in [0, 0.05) is 51.0 Å². The number of nitrogens with zero attached hydrogens (tertiary/aromatic N) is 4. The van der Waals surface area contributed by atoms with Crippen LogP contribution in [-0.4, -0.2) is 52.5 Å². The Bertz CT molecular complexity index is 878. The van der Waals surface area contributed by atoms with Crippen LogP contribution in [0.15, 0.2) is 47.7 Å². The van der Waals surface area contributed by atoms with Crippen molar-refractivity contribution in [2.45, 2.75) is 57.7 Å². The summed E-state index contributed by atoms with van der Waals surface area (Å²) < 4.78 is 2.19. The molecule has 2 N–H and O–H groups in total. The second-order valence-corrected chi connectivity index (χ2v) is 8.59. The predicted molar refractivity (Wildman–Crippen MR) is 138 cm³/mol. The fourth-order valence-electron chi connectivity index (χ4n) is 4.67. The van der Waals surface area contributed by atoms with E-state index in [-0.39, 0.29) is 35.9 Å². The number of aromatic nitrogens is 2. The minimum Gasteiger partial charge on any atom is -0.352 e. The van der Waals surface area contributed by atoms with Gasteiger partial charge in [0.25, 0.3) is 0 Å². The molecule has 2 heterocycles. The van der Waals surface area contributed by atoms with Gasteiger partial charge in [0.15, 0.2) is 5.96 Å². The highest BCUT2D eigenvalue weighted by Crippen LogP contribution is 2.27. The molecule has 0 radical (unpaired) electrons. The SMILES string of the molecule is CN=C(NCc1nccn1CCc1ccccc1)NC1CCN(C(=O)C2CCCC2)C1.I. The number of nitrogens with one attached hydrogen (secondary N) is 2. The van der Waals surface area contributed by atoms with Gasteiger partial charge in [0.05, 0.1) is 6.54 Å². The summed E-state index contributed by atoms with van der Waals surface area (Å²) in [6.45, 7) is 3.11. The Morgan fingerprint density at radius 2 is 1.97 bits per heavy atom. The van der Waals surface area contributed by atoms with Crippen molar-refractivity contribution in [3.05, 3.63) is 54.1 Å². The Morgan fingerprint density at radius 3 is 2.72 bits per heavy atom. The van der Waals surface area contributed by atoms with E-state index in [1.54, 1.807) is 7.05 Å². The van der Waals surface area contributed by atoms with E-state index in [0.717, 1.165) is 57.1 Å². The largest absolute Gasteiger partial charge is 0.352 e. The van der Waals surface area contributed by atoms with Gasteiger partial charge < -0.3 is 20.1 Å². The van der Waals surface area contributed by atoms with E-state index in [1.165, 1.54) is 18.4 Å². The predicted octanol–water partition coefficient (Wildman–Crippen LogP) is 3.20. The van der Waals surface area contributed by atoms with Crippen LogP contribution in [0.4, 0.5) is 0 Å². The fraction of sp³-hybridized carbons (Fsp3) is 0.542. The Labute approximate surface area is 208 Å². The smallest absolute Gasteiger partial charge is 0.225 e. The standard InChI is InChI=1S/C24H34N6O.HI/c1-25-24(28-21-12-15-30(18-21)23(31)20-9-5-6-10-20)27-17-22-26-13-16-29(22)14-11-19-7-3-2-4-8-19;/h2-4,7-8,13,16,20-21H,5-6,9-12,14-15,17-18H2,1H3,(H2,25,27,28);1H. The normalized spacial score (nSPS) is 19.1. The molecule has 1 saturated heterocycles. The van der Waals surface area contributed by atoms with Gasteiger partial charge in [0.2, 0.25) is 5.91 Å². The molecule has 1 aromatic carbocycles. The van der Waals surface area contributed by atoms with E-state index in [9.17, 15) is 4.79 Å². The molecule has 1 atom stereocenters. The maximum Gasteiger partial charge on any atom is 0.225 e. The van der Waals surface area contributed by atoms with Crippen molar-refractivity contribution >= 4 is 35.8 Å². The number of halogens is 1. The van der Waals surface area contributed by atoms with Crippen molar-refractivity contribution in [3.8, 4) is 0 Å². The molecule has 32 heavy (non-hydrogen) atoms. The van der Waals surface area contributed by atoms with Gasteiger partial charge in [-0.2, -0.15) is 0 Å². The van der Waals surface area contributed by atoms with Crippen molar-refractivity contribution in [2.75, 3.05) is 20.1 Å². The van der Waals surface area contributed by atoms with Crippen molar-refractivity contribution in [2.24, 2.45) is 10.9 Å². The lowest BCUT2D eigenvalue weighted by Crippen LogP contribution is -2.45. The molecular formula is C24H35IN6O. The number of aryl methyl sites for hydroxylation is 2. The second kappa shape index (κ2) is 12.2. The molecule has 1 aromatic heterocycles. The average molecular weight is 550 g/mol. The molecule has 2 aromatic rings. The Hall–Kier alpha value is -2.10. The van der Waals surface area contributed by atoms with Crippen molar-refractivity contribution in [1.82, 2.24) is 25.1 Å². The van der Waals surface area contributed by atoms with Crippen LogP contribution in [0.2, 0.25) is 0 Å². The number of likely N-dealkylation sites (tertiary alicyclic amines) is 1. The van der Waals surface area contributed by atoms with E-state index in [4.69, 9.17) is 0 Å². The zero-order chi connectivity index (χ0) is 21.5. The van der Waals surface area contributed by atoms with E-state index in [1.807, 2.05) is 23.4 Å². The number of carbonyl (C=O) groups is 1. The number of amides is 1. The van der Waals surface area contributed by atoms with Gasteiger partial charge in [-0.05, 0) is 31.2 Å². The summed E-state index contributed by atoms with van der Waals surface area (Å²) in [4.78, 5) is 23.6. The van der Waals surface area contributed by atoms with E-state index in [0.29, 0.717) is 12.5 Å². The van der Waals surface area contributed by atoms with Crippen molar-refractivity contribution < 1.29 is 4.79 Å². The fourth-order valence-corrected chi connectivity index (χ4v) is 4.67. The molecule has 1 aliphatic heterocycles. The first-order chi connectivity index (χ1) is 15.2. The van der Waals surface area contributed by atoms with E-state index in [2.05, 4.69) is 49.4 Å². The van der Waals surface area contributed by atoms with Gasteiger partial charge in [-0.25, -0.2) is 4.98 Å². The summed E-state index contributed by atoms with van der Waals surface area (Å²) in [5.74, 6) is 2.36. The Balaban J connectivity index is 0.00000289. The van der Waals surface area contributed by atoms with Crippen LogP contribution in [0.5, 0.6) is 0 Å². The number of hydrogen-bond donors (Lipinski definition) is 2. The first kappa shape index (κ1) is 24.5. The summed E-state index contributed by atoms with van der Waals surface area (Å²) in [5.41, 5.74) is 1.32. The molecule has 1 amide bonds. The minimum atomic E-state index is 0. The average Bonchev–Trinajstić information content (AvgIpc) is 3.57. The molecule has 1 saturated carbocycles. The molecule has 1 aliphatic carbocycles. The lowest BCUT2D eigenvalue weighted by atomic mass is 10.1. The third-order valence-electron chi connectivity index (χ3n) is 6.47. The molecule has 8 heteroatoms. The van der Waals surface area contributed by atoms with Crippen LogP contribution in [0.25, 0.3) is 0 Å². The van der Waals surface area contributed by atoms with E-state index >= 15 is 0 Å². The number of benzene rings is 1. The number of rotatable bonds is 7. The summed E-state index contributed by atoms with van der Waals surface area (Å²) in [5, 5.41) is 6.88. The highest BCUT2D eigenvalue weighted by atomic mass is 127. The van der Waals surface area contributed by atoms with Crippen molar-refractivity contribution in [3.63, 3.8) is 0 Å². The van der Waals surface area contributed by atoms with Crippen LogP contribution >= 0.6 is 24.0 Å². The number of guanidine groups is 1. The van der Waals surface area contributed by atoms with Gasteiger partial charge in [0.1, 0.15) is 5.82 Å². The molecule has 1 unspecified atom stereocenters. The lowest BCUT2D eigenvalue weighted by molar-refractivity contribution is -0.134. The second-order valence-electron chi connectivity index (χ2n) is 8.59. The molecule has 174 valence electrons. The first-order valence-electron chi connectivity index (χ1n) is 11.5. The summed E-state index contributed by atoms with van der Waals surface area (Å²) in [6.07, 6.45) is 10.3. The molecule has 0 bridgehead atoms. The van der Waals surface area contributed by atoms with E-state index < -0.39 is 0 Å². The van der Waals surface area contributed by atoms with Gasteiger partial charge in [-0.3, -0.25) is 9.79 Å². The molecule has 2 fully saturated rings. The molecule has 0 spiro atoms. The summed E-state index contributed by atoms with van der Waals surface area (Å²) in [6, 6.07) is 10.8. The number of aliphatic imine (C=N–C) groups is 1. The number of hydrogen-bond acceptors (Lipinski definition) is 3. The maximum absolute atomic E-state index is 12.7. The van der Waals surface area contributed by atoms with Crippen LogP contribution in [0.3, 0.4) is 0 Å². The quantitative estimate of drug-likeness (QED) is 0.316. The van der Waals surface area contributed by atoms with Gasteiger partial charge in [-0.15, -0.1) is 24.0 Å². The molecular weight excluding hydrogens is 515 g/mol. The van der Waals surface area contributed by atoms with Crippen LogP contribution in [0.1, 0.15) is 43.5 Å². The lowest BCUT2D eigenvalue weighted by Gasteiger charge is -2.21. The summed E-state index contributed by atoms with van der Waals surface area (Å²) >= 11 is 0. The highest BCUT2D eigenvalue weighted by molar-refractivity contribution is 14.0. The monoisotopic (exact) mass is 550 g/mol. The topological polar surface area (TPSA) is 74.6 Å². The zero-order valence-corrected chi connectivity index (χ0v) is 21.2. The Morgan fingerprint density at radius 1 is 1.19 bits per heavy atom. The number of carbonyl (C=O) groups excluding carboxylic acids is 1. The van der Waals surface area contributed by atoms with Crippen molar-refractivity contribution in [1.29, 1.82) is 0 Å². The minimum absolute atomic E-state index is 0. The highest BCUT2D eigenvalue weighted by Gasteiger charge is 2.32. The van der Waals surface area contributed by atoms with Gasteiger partial charge >= 0.3 is 0 Å². The van der Waals surface area contributed by atoms with Crippen LogP contribution < -0.4 is 10.6 Å². The third-order valence-corrected chi connectivity index (χ3v) is 6.47.